The van der Waals surface area contributed by atoms with Gasteiger partial charge in [-0.1, -0.05) is 11.6 Å². The van der Waals surface area contributed by atoms with Crippen LogP contribution in [0.4, 0.5) is 23.7 Å². The summed E-state index contributed by atoms with van der Waals surface area (Å²) in [4.78, 5) is 26.9. The molecule has 0 aliphatic carbocycles. The van der Waals surface area contributed by atoms with E-state index >= 15 is 0 Å². The summed E-state index contributed by atoms with van der Waals surface area (Å²) in [6.07, 6.45) is -2.55. The fourth-order valence-corrected chi connectivity index (χ4v) is 3.64. The van der Waals surface area contributed by atoms with Crippen molar-refractivity contribution in [3.05, 3.63) is 33.2 Å². The highest BCUT2D eigenvalue weighted by Gasteiger charge is 2.33. The Morgan fingerprint density at radius 2 is 1.85 bits per heavy atom. The molecule has 1 aliphatic rings. The van der Waals surface area contributed by atoms with Crippen molar-refractivity contribution in [2.24, 2.45) is 0 Å². The van der Waals surface area contributed by atoms with Gasteiger partial charge in [0.2, 0.25) is 0 Å². The number of carbonyl (C=O) groups excluding carboxylic acids is 2. The van der Waals surface area contributed by atoms with Gasteiger partial charge in [0, 0.05) is 19.2 Å². The lowest BCUT2D eigenvalue weighted by Crippen LogP contribution is -2.24. The average Bonchev–Trinajstić information content (AvgIpc) is 2.83. The Hall–Kier alpha value is -1.71. The predicted octanol–water partition coefficient (Wildman–Crippen LogP) is 4.07. The second kappa shape index (κ2) is 8.53. The van der Waals surface area contributed by atoms with E-state index in [9.17, 15) is 22.8 Å². The molecule has 1 N–H and O–H groups in total. The van der Waals surface area contributed by atoms with Gasteiger partial charge in [-0.2, -0.15) is 13.2 Å². The van der Waals surface area contributed by atoms with Crippen molar-refractivity contribution in [1.29, 1.82) is 0 Å². The summed E-state index contributed by atoms with van der Waals surface area (Å²) in [5.74, 6) is -0.639. The number of anilines is 1. The molecule has 2 amide bonds. The monoisotopic (exact) mass is 421 g/mol. The third-order valence-electron chi connectivity index (χ3n) is 3.83. The lowest BCUT2D eigenvalue weighted by Gasteiger charge is -2.25. The van der Waals surface area contributed by atoms with Crippen molar-refractivity contribution in [2.45, 2.75) is 12.6 Å². The summed E-state index contributed by atoms with van der Waals surface area (Å²) >= 11 is 6.81. The molecule has 1 fully saturated rings. The van der Waals surface area contributed by atoms with Crippen molar-refractivity contribution in [1.82, 2.24) is 10.2 Å². The van der Waals surface area contributed by atoms with Crippen LogP contribution in [-0.4, -0.2) is 50.3 Å². The highest BCUT2D eigenvalue weighted by molar-refractivity contribution is 8.18. The highest BCUT2D eigenvalue weighted by atomic mass is 35.5. The number of halogens is 4. The topological polar surface area (TPSA) is 52.6 Å². The third kappa shape index (κ3) is 5.63. The molecule has 1 saturated heterocycles. The zero-order chi connectivity index (χ0) is 20.4. The van der Waals surface area contributed by atoms with Gasteiger partial charge in [0.05, 0.1) is 21.2 Å². The molecule has 0 spiro atoms. The first-order chi connectivity index (χ1) is 12.5. The van der Waals surface area contributed by atoms with E-state index in [4.69, 9.17) is 11.6 Å². The SMILES string of the molecule is CN(C)CCCN(C)c1c(Cl)cc(C(F)(F)F)cc1C=C1SC(=O)NC1=O. The fourth-order valence-electron chi connectivity index (χ4n) is 2.59. The Kier molecular flexibility index (Phi) is 6.82. The molecule has 0 bridgehead atoms. The zero-order valence-electron chi connectivity index (χ0n) is 15.0. The molecule has 0 saturated carbocycles. The molecule has 0 unspecified atom stereocenters. The van der Waals surface area contributed by atoms with Gasteiger partial charge in [0.25, 0.3) is 11.1 Å². The maximum absolute atomic E-state index is 13.2. The van der Waals surface area contributed by atoms with E-state index in [2.05, 4.69) is 5.32 Å². The number of amides is 2. The van der Waals surface area contributed by atoms with Crippen LogP contribution in [0.25, 0.3) is 6.08 Å². The van der Waals surface area contributed by atoms with Crippen LogP contribution in [0.5, 0.6) is 0 Å². The molecular weight excluding hydrogens is 403 g/mol. The maximum Gasteiger partial charge on any atom is 0.416 e. The normalized spacial score (nSPS) is 16.4. The van der Waals surface area contributed by atoms with Gasteiger partial charge in [-0.05, 0) is 57.0 Å². The van der Waals surface area contributed by atoms with Crippen molar-refractivity contribution < 1.29 is 22.8 Å². The van der Waals surface area contributed by atoms with Crippen LogP contribution < -0.4 is 10.2 Å². The van der Waals surface area contributed by atoms with Gasteiger partial charge in [-0.25, -0.2) is 0 Å². The summed E-state index contributed by atoms with van der Waals surface area (Å²) in [6.45, 7) is 1.35. The molecule has 0 atom stereocenters. The summed E-state index contributed by atoms with van der Waals surface area (Å²) in [5, 5.41) is 1.45. The van der Waals surface area contributed by atoms with E-state index in [0.29, 0.717) is 24.0 Å². The van der Waals surface area contributed by atoms with E-state index in [0.717, 1.165) is 25.1 Å². The standard InChI is InChI=1S/C17H19ClF3N3O2S/c1-23(2)5-4-6-24(3)14-10(8-13-15(25)22-16(26)27-13)7-11(9-12(14)18)17(19,20)21/h7-9H,4-6H2,1-3H3,(H,22,25,26). The van der Waals surface area contributed by atoms with E-state index in [-0.39, 0.29) is 15.5 Å². The lowest BCUT2D eigenvalue weighted by atomic mass is 10.1. The Morgan fingerprint density at radius 1 is 1.19 bits per heavy atom. The van der Waals surface area contributed by atoms with Crippen molar-refractivity contribution in [3.63, 3.8) is 0 Å². The van der Waals surface area contributed by atoms with Crippen molar-refractivity contribution in [3.8, 4) is 0 Å². The van der Waals surface area contributed by atoms with Gasteiger partial charge in [-0.15, -0.1) is 0 Å². The predicted molar refractivity (Wildman–Crippen MR) is 102 cm³/mol. The smallest absolute Gasteiger partial charge is 0.373 e. The van der Waals surface area contributed by atoms with E-state index in [1.807, 2.05) is 19.0 Å². The molecule has 0 aromatic heterocycles. The molecular formula is C17H19ClF3N3O2S. The number of alkyl halides is 3. The maximum atomic E-state index is 13.2. The molecule has 10 heteroatoms. The van der Waals surface area contributed by atoms with Crippen LogP contribution in [0.15, 0.2) is 17.0 Å². The minimum Gasteiger partial charge on any atom is -0.373 e. The number of hydrogen-bond acceptors (Lipinski definition) is 5. The van der Waals surface area contributed by atoms with Crippen molar-refractivity contribution >= 4 is 46.3 Å². The minimum atomic E-state index is -4.58. The van der Waals surface area contributed by atoms with E-state index in [1.165, 1.54) is 6.08 Å². The quantitative estimate of drug-likeness (QED) is 0.702. The number of benzene rings is 1. The minimum absolute atomic E-state index is 0.0262. The highest BCUT2D eigenvalue weighted by Crippen LogP contribution is 2.39. The Labute approximate surface area is 164 Å². The molecule has 148 valence electrons. The van der Waals surface area contributed by atoms with Crippen LogP contribution >= 0.6 is 23.4 Å². The van der Waals surface area contributed by atoms with E-state index < -0.39 is 22.9 Å². The Balaban J connectivity index is 2.46. The zero-order valence-corrected chi connectivity index (χ0v) is 16.6. The van der Waals surface area contributed by atoms with Crippen LogP contribution in [0, 0.1) is 0 Å². The third-order valence-corrected chi connectivity index (χ3v) is 4.93. The molecule has 1 aliphatic heterocycles. The Morgan fingerprint density at radius 3 is 2.37 bits per heavy atom. The molecule has 1 heterocycles. The molecule has 27 heavy (non-hydrogen) atoms. The Bertz CT molecular complexity index is 781. The summed E-state index contributed by atoms with van der Waals surface area (Å²) in [6, 6.07) is 1.81. The largest absolute Gasteiger partial charge is 0.416 e. The number of nitrogens with one attached hydrogen (secondary N) is 1. The summed E-state index contributed by atoms with van der Waals surface area (Å²) in [7, 11) is 5.57. The lowest BCUT2D eigenvalue weighted by molar-refractivity contribution is -0.137. The number of nitrogens with zero attached hydrogens (tertiary/aromatic N) is 2. The summed E-state index contributed by atoms with van der Waals surface area (Å²) < 4.78 is 39.6. The first-order valence-electron chi connectivity index (χ1n) is 8.00. The number of imide groups is 1. The molecule has 0 radical (unpaired) electrons. The number of carbonyl (C=O) groups is 2. The molecule has 2 rings (SSSR count). The van der Waals surface area contributed by atoms with Gasteiger partial charge in [-0.3, -0.25) is 14.9 Å². The van der Waals surface area contributed by atoms with Crippen LogP contribution in [-0.2, 0) is 11.0 Å². The van der Waals surface area contributed by atoms with E-state index in [1.54, 1.807) is 11.9 Å². The van der Waals surface area contributed by atoms with Crippen LogP contribution in [0.1, 0.15) is 17.5 Å². The second-order valence-electron chi connectivity index (χ2n) is 6.32. The van der Waals surface area contributed by atoms with Gasteiger partial charge in [0.1, 0.15) is 0 Å². The molecule has 1 aromatic carbocycles. The van der Waals surface area contributed by atoms with Crippen LogP contribution in [0.3, 0.4) is 0 Å². The van der Waals surface area contributed by atoms with Crippen LogP contribution in [0.2, 0.25) is 5.02 Å². The first-order valence-corrected chi connectivity index (χ1v) is 9.20. The summed E-state index contributed by atoms with van der Waals surface area (Å²) in [5.41, 5.74) is -0.405. The van der Waals surface area contributed by atoms with Crippen molar-refractivity contribution in [2.75, 3.05) is 39.1 Å². The second-order valence-corrected chi connectivity index (χ2v) is 7.75. The number of hydrogen-bond donors (Lipinski definition) is 1. The average molecular weight is 422 g/mol. The van der Waals surface area contributed by atoms with Gasteiger partial charge in [0.15, 0.2) is 0 Å². The first kappa shape index (κ1) is 21.6. The number of thioether (sulfide) groups is 1. The fraction of sp³-hybridized carbons (Fsp3) is 0.412. The number of rotatable bonds is 6. The molecule has 5 nitrogen and oxygen atoms in total. The van der Waals surface area contributed by atoms with Gasteiger partial charge >= 0.3 is 6.18 Å². The van der Waals surface area contributed by atoms with Gasteiger partial charge < -0.3 is 9.80 Å². The molecule has 1 aromatic rings.